The molecular weight excluding hydrogens is 655 g/mol. The van der Waals surface area contributed by atoms with Crippen LogP contribution in [0.15, 0.2) is 217 Å². The molecule has 0 bridgehead atoms. The van der Waals surface area contributed by atoms with Crippen LogP contribution in [0.4, 0.5) is 17.1 Å². The van der Waals surface area contributed by atoms with Crippen LogP contribution in [0.3, 0.4) is 0 Å². The lowest BCUT2D eigenvalue weighted by atomic mass is 9.90. The fraction of sp³-hybridized carbons (Fsp3) is 0. The lowest BCUT2D eigenvalue weighted by molar-refractivity contribution is 0.669. The molecule has 10 aromatic rings. The second-order valence-corrected chi connectivity index (χ2v) is 13.7. The first-order valence-electron chi connectivity index (χ1n) is 18.4. The van der Waals surface area contributed by atoms with Crippen LogP contribution in [-0.4, -0.2) is 0 Å². The first-order chi connectivity index (χ1) is 26.8. The first-order valence-corrected chi connectivity index (χ1v) is 18.4. The van der Waals surface area contributed by atoms with Crippen LogP contribution in [0, 0.1) is 0 Å². The average Bonchev–Trinajstić information content (AvgIpc) is 3.64. The van der Waals surface area contributed by atoms with Gasteiger partial charge in [0.05, 0.1) is 16.8 Å². The van der Waals surface area contributed by atoms with E-state index in [0.717, 1.165) is 44.6 Å². The van der Waals surface area contributed by atoms with Crippen molar-refractivity contribution in [2.45, 2.75) is 0 Å². The SMILES string of the molecule is c1ccc(-c2ccc(-c3ccc(N(c4ccccc4-c4cccc5cccc(-c6ccccc6)c45)c4cccc5oc6ccccc6c45)cc3)cc2)cc1. The summed E-state index contributed by atoms with van der Waals surface area (Å²) >= 11 is 0. The Morgan fingerprint density at radius 3 is 1.52 bits per heavy atom. The third-order valence-electron chi connectivity index (χ3n) is 10.5. The van der Waals surface area contributed by atoms with Crippen molar-refractivity contribution in [3.63, 3.8) is 0 Å². The zero-order chi connectivity index (χ0) is 35.8. The van der Waals surface area contributed by atoms with Gasteiger partial charge in [-0.25, -0.2) is 0 Å². The lowest BCUT2D eigenvalue weighted by Crippen LogP contribution is -2.11. The highest BCUT2D eigenvalue weighted by Gasteiger charge is 2.23. The van der Waals surface area contributed by atoms with Gasteiger partial charge in [0.1, 0.15) is 11.2 Å². The van der Waals surface area contributed by atoms with Crippen molar-refractivity contribution in [1.29, 1.82) is 0 Å². The summed E-state index contributed by atoms with van der Waals surface area (Å²) in [4.78, 5) is 2.41. The van der Waals surface area contributed by atoms with E-state index in [-0.39, 0.29) is 0 Å². The third-order valence-corrected chi connectivity index (χ3v) is 10.5. The minimum absolute atomic E-state index is 0.864. The summed E-state index contributed by atoms with van der Waals surface area (Å²) in [5.74, 6) is 0. The Morgan fingerprint density at radius 2 is 0.796 bits per heavy atom. The number of para-hydroxylation sites is 2. The number of nitrogens with zero attached hydrogens (tertiary/aromatic N) is 1. The Hall–Kier alpha value is -7.16. The van der Waals surface area contributed by atoms with Crippen molar-refractivity contribution in [2.24, 2.45) is 0 Å². The molecule has 0 saturated carbocycles. The smallest absolute Gasteiger partial charge is 0.137 e. The van der Waals surface area contributed by atoms with Crippen LogP contribution < -0.4 is 4.90 Å². The zero-order valence-corrected chi connectivity index (χ0v) is 29.6. The number of rotatable bonds is 7. The van der Waals surface area contributed by atoms with Gasteiger partial charge in [0.15, 0.2) is 0 Å². The predicted octanol–water partition coefficient (Wildman–Crippen LogP) is 14.9. The highest BCUT2D eigenvalue weighted by Crippen LogP contribution is 2.48. The van der Waals surface area contributed by atoms with Gasteiger partial charge in [0, 0.05) is 16.6 Å². The molecule has 0 saturated heterocycles. The normalized spacial score (nSPS) is 11.3. The zero-order valence-electron chi connectivity index (χ0n) is 29.6. The molecule has 1 heterocycles. The fourth-order valence-corrected chi connectivity index (χ4v) is 7.96. The number of benzene rings is 9. The first kappa shape index (κ1) is 31.6. The summed E-state index contributed by atoms with van der Waals surface area (Å²) < 4.78 is 6.44. The summed E-state index contributed by atoms with van der Waals surface area (Å²) in [5.41, 5.74) is 14.5. The van der Waals surface area contributed by atoms with Gasteiger partial charge in [-0.15, -0.1) is 0 Å². The molecule has 0 aliphatic carbocycles. The molecule has 0 spiro atoms. The van der Waals surface area contributed by atoms with Gasteiger partial charge in [0.2, 0.25) is 0 Å². The predicted molar refractivity (Wildman–Crippen MR) is 228 cm³/mol. The summed E-state index contributed by atoms with van der Waals surface area (Å²) in [5, 5.41) is 4.63. The summed E-state index contributed by atoms with van der Waals surface area (Å²) in [6, 6.07) is 75.9. The van der Waals surface area contributed by atoms with E-state index >= 15 is 0 Å². The lowest BCUT2D eigenvalue weighted by Gasteiger charge is -2.29. The fourth-order valence-electron chi connectivity index (χ4n) is 7.96. The summed E-state index contributed by atoms with van der Waals surface area (Å²) in [6.07, 6.45) is 0. The van der Waals surface area contributed by atoms with Gasteiger partial charge in [-0.2, -0.15) is 0 Å². The second-order valence-electron chi connectivity index (χ2n) is 13.7. The van der Waals surface area contributed by atoms with Crippen molar-refractivity contribution in [3.8, 4) is 44.5 Å². The highest BCUT2D eigenvalue weighted by atomic mass is 16.3. The van der Waals surface area contributed by atoms with E-state index in [9.17, 15) is 0 Å². The number of hydrogen-bond donors (Lipinski definition) is 0. The number of hydrogen-bond acceptors (Lipinski definition) is 2. The maximum atomic E-state index is 6.44. The Morgan fingerprint density at radius 1 is 0.296 bits per heavy atom. The number of furan rings is 1. The minimum Gasteiger partial charge on any atom is -0.456 e. The quantitative estimate of drug-likeness (QED) is 0.166. The topological polar surface area (TPSA) is 16.4 Å². The van der Waals surface area contributed by atoms with E-state index < -0.39 is 0 Å². The second kappa shape index (κ2) is 13.4. The Bertz CT molecular complexity index is 2900. The largest absolute Gasteiger partial charge is 0.456 e. The maximum absolute atomic E-state index is 6.44. The standard InChI is InChI=1S/C52H35NO/c1-3-14-36(15-4-1)37-28-30-38(31-29-37)39-32-34-42(35-33-39)53(48-25-13-27-50-52(48)46-21-8-10-26-49(46)54-50)47-24-9-7-20-44(47)45-23-12-19-41-18-11-22-43(51(41)45)40-16-5-2-6-17-40/h1-35H. The van der Waals surface area contributed by atoms with Crippen molar-refractivity contribution in [3.05, 3.63) is 212 Å². The molecule has 1 aromatic heterocycles. The molecule has 2 nitrogen and oxygen atoms in total. The molecule has 0 fully saturated rings. The van der Waals surface area contributed by atoms with E-state index in [1.807, 2.05) is 6.07 Å². The van der Waals surface area contributed by atoms with E-state index in [1.165, 1.54) is 49.7 Å². The van der Waals surface area contributed by atoms with Gasteiger partial charge < -0.3 is 9.32 Å². The molecule has 0 N–H and O–H groups in total. The monoisotopic (exact) mass is 689 g/mol. The average molecular weight is 690 g/mol. The molecule has 0 aliphatic rings. The Balaban J connectivity index is 1.17. The molecule has 0 radical (unpaired) electrons. The molecule has 0 aliphatic heterocycles. The van der Waals surface area contributed by atoms with Gasteiger partial charge in [-0.05, 0) is 86.1 Å². The van der Waals surface area contributed by atoms with Crippen molar-refractivity contribution < 1.29 is 4.42 Å². The number of fused-ring (bicyclic) bond motifs is 4. The van der Waals surface area contributed by atoms with Crippen LogP contribution in [-0.2, 0) is 0 Å². The minimum atomic E-state index is 0.864. The van der Waals surface area contributed by atoms with E-state index in [2.05, 4.69) is 211 Å². The summed E-state index contributed by atoms with van der Waals surface area (Å²) in [6.45, 7) is 0. The maximum Gasteiger partial charge on any atom is 0.137 e. The van der Waals surface area contributed by atoms with Crippen LogP contribution in [0.1, 0.15) is 0 Å². The molecule has 2 heteroatoms. The van der Waals surface area contributed by atoms with Gasteiger partial charge in [0.25, 0.3) is 0 Å². The van der Waals surface area contributed by atoms with Crippen LogP contribution in [0.5, 0.6) is 0 Å². The molecule has 9 aromatic carbocycles. The van der Waals surface area contributed by atoms with Crippen LogP contribution in [0.25, 0.3) is 77.2 Å². The Kier molecular flexibility index (Phi) is 7.85. The van der Waals surface area contributed by atoms with E-state index in [4.69, 9.17) is 4.42 Å². The van der Waals surface area contributed by atoms with Crippen LogP contribution >= 0.6 is 0 Å². The molecule has 54 heavy (non-hydrogen) atoms. The molecule has 10 rings (SSSR count). The van der Waals surface area contributed by atoms with Crippen LogP contribution in [0.2, 0.25) is 0 Å². The van der Waals surface area contributed by atoms with E-state index in [0.29, 0.717) is 0 Å². The molecule has 254 valence electrons. The molecule has 0 atom stereocenters. The molecular formula is C52H35NO. The Labute approximate surface area is 314 Å². The third kappa shape index (κ3) is 5.53. The van der Waals surface area contributed by atoms with Gasteiger partial charge in [-0.1, -0.05) is 176 Å². The van der Waals surface area contributed by atoms with Crippen molar-refractivity contribution in [1.82, 2.24) is 0 Å². The summed E-state index contributed by atoms with van der Waals surface area (Å²) in [7, 11) is 0. The van der Waals surface area contributed by atoms with Gasteiger partial charge >= 0.3 is 0 Å². The van der Waals surface area contributed by atoms with Crippen molar-refractivity contribution >= 4 is 49.8 Å². The van der Waals surface area contributed by atoms with E-state index in [1.54, 1.807) is 0 Å². The highest BCUT2D eigenvalue weighted by molar-refractivity contribution is 6.15. The van der Waals surface area contributed by atoms with Gasteiger partial charge in [-0.3, -0.25) is 0 Å². The van der Waals surface area contributed by atoms with Crippen molar-refractivity contribution in [2.75, 3.05) is 4.90 Å². The molecule has 0 unspecified atom stereocenters. The number of anilines is 3. The molecule has 0 amide bonds.